The van der Waals surface area contributed by atoms with Gasteiger partial charge in [0.2, 0.25) is 0 Å². The van der Waals surface area contributed by atoms with Gasteiger partial charge in [0.25, 0.3) is 0 Å². The Labute approximate surface area is 115 Å². The quantitative estimate of drug-likeness (QED) is 0.768. The SMILES string of the molecule is O=C(NCCn1cnc(C(=O)O)c1)Nc1ccccc1. The summed E-state index contributed by atoms with van der Waals surface area (Å²) in [5.41, 5.74) is 0.694. The number of hydrogen-bond acceptors (Lipinski definition) is 3. The van der Waals surface area contributed by atoms with Gasteiger partial charge in [0.15, 0.2) is 5.69 Å². The predicted octanol–water partition coefficient (Wildman–Crippen LogP) is 1.40. The van der Waals surface area contributed by atoms with Crippen molar-refractivity contribution >= 4 is 17.7 Å². The van der Waals surface area contributed by atoms with Gasteiger partial charge >= 0.3 is 12.0 Å². The number of anilines is 1. The molecule has 104 valence electrons. The van der Waals surface area contributed by atoms with Crippen LogP contribution >= 0.6 is 0 Å². The largest absolute Gasteiger partial charge is 0.476 e. The van der Waals surface area contributed by atoms with Gasteiger partial charge in [-0.05, 0) is 12.1 Å². The van der Waals surface area contributed by atoms with Crippen molar-refractivity contribution in [1.82, 2.24) is 14.9 Å². The number of para-hydroxylation sites is 1. The average Bonchev–Trinajstić information content (AvgIpc) is 2.89. The molecule has 1 aromatic carbocycles. The molecule has 0 saturated heterocycles. The lowest BCUT2D eigenvalue weighted by Gasteiger charge is -2.07. The first-order valence-electron chi connectivity index (χ1n) is 6.00. The Hall–Kier alpha value is -2.83. The van der Waals surface area contributed by atoms with Crippen LogP contribution in [0.3, 0.4) is 0 Å². The van der Waals surface area contributed by atoms with E-state index < -0.39 is 5.97 Å². The van der Waals surface area contributed by atoms with E-state index in [4.69, 9.17) is 5.11 Å². The normalized spacial score (nSPS) is 10.0. The van der Waals surface area contributed by atoms with Crippen LogP contribution in [0.4, 0.5) is 10.5 Å². The van der Waals surface area contributed by atoms with Gasteiger partial charge in [0, 0.05) is 25.0 Å². The zero-order valence-electron chi connectivity index (χ0n) is 10.6. The molecule has 20 heavy (non-hydrogen) atoms. The molecule has 2 amide bonds. The molecule has 1 aromatic heterocycles. The highest BCUT2D eigenvalue weighted by Gasteiger charge is 2.06. The maximum atomic E-state index is 11.6. The van der Waals surface area contributed by atoms with Crippen LogP contribution in [-0.2, 0) is 6.54 Å². The summed E-state index contributed by atoms with van der Waals surface area (Å²) in [6, 6.07) is 8.78. The van der Waals surface area contributed by atoms with E-state index in [1.165, 1.54) is 12.5 Å². The van der Waals surface area contributed by atoms with Crippen molar-refractivity contribution in [3.8, 4) is 0 Å². The summed E-state index contributed by atoms with van der Waals surface area (Å²) in [6.07, 6.45) is 2.83. The molecule has 0 aliphatic carbocycles. The van der Waals surface area contributed by atoms with Crippen molar-refractivity contribution in [3.63, 3.8) is 0 Å². The number of nitrogens with zero attached hydrogens (tertiary/aromatic N) is 2. The van der Waals surface area contributed by atoms with Crippen LogP contribution in [0.25, 0.3) is 0 Å². The molecule has 0 aliphatic heterocycles. The van der Waals surface area contributed by atoms with E-state index in [-0.39, 0.29) is 11.7 Å². The van der Waals surface area contributed by atoms with Crippen molar-refractivity contribution < 1.29 is 14.7 Å². The van der Waals surface area contributed by atoms with E-state index >= 15 is 0 Å². The fraction of sp³-hybridized carbons (Fsp3) is 0.154. The average molecular weight is 274 g/mol. The summed E-state index contributed by atoms with van der Waals surface area (Å²) in [7, 11) is 0. The third-order valence-electron chi connectivity index (χ3n) is 2.54. The fourth-order valence-corrected chi connectivity index (χ4v) is 1.59. The Morgan fingerprint density at radius 2 is 2.00 bits per heavy atom. The summed E-state index contributed by atoms with van der Waals surface area (Å²) in [5.74, 6) is -1.07. The number of nitrogens with one attached hydrogen (secondary N) is 2. The Morgan fingerprint density at radius 3 is 2.65 bits per heavy atom. The third kappa shape index (κ3) is 3.84. The maximum Gasteiger partial charge on any atom is 0.356 e. The molecule has 7 nitrogen and oxygen atoms in total. The molecule has 0 unspecified atom stereocenters. The highest BCUT2D eigenvalue weighted by atomic mass is 16.4. The Bertz CT molecular complexity index is 595. The van der Waals surface area contributed by atoms with Crippen LogP contribution in [0.5, 0.6) is 0 Å². The van der Waals surface area contributed by atoms with Gasteiger partial charge in [0.1, 0.15) is 0 Å². The second-order valence-corrected chi connectivity index (χ2v) is 4.05. The van der Waals surface area contributed by atoms with Gasteiger partial charge in [-0.2, -0.15) is 0 Å². The van der Waals surface area contributed by atoms with Crippen molar-refractivity contribution in [3.05, 3.63) is 48.5 Å². The Balaban J connectivity index is 1.75. The molecule has 7 heteroatoms. The first-order valence-corrected chi connectivity index (χ1v) is 6.00. The predicted molar refractivity (Wildman–Crippen MR) is 72.6 cm³/mol. The second-order valence-electron chi connectivity index (χ2n) is 4.05. The van der Waals surface area contributed by atoms with Crippen molar-refractivity contribution in [1.29, 1.82) is 0 Å². The summed E-state index contributed by atoms with van der Waals surface area (Å²) in [4.78, 5) is 25.9. The monoisotopic (exact) mass is 274 g/mol. The number of hydrogen-bond donors (Lipinski definition) is 3. The number of carbonyl (C=O) groups excluding carboxylic acids is 1. The third-order valence-corrected chi connectivity index (χ3v) is 2.54. The molecular weight excluding hydrogens is 260 g/mol. The minimum atomic E-state index is -1.07. The van der Waals surface area contributed by atoms with Crippen molar-refractivity contribution in [2.24, 2.45) is 0 Å². The van der Waals surface area contributed by atoms with Crippen LogP contribution in [0.1, 0.15) is 10.5 Å². The molecule has 0 radical (unpaired) electrons. The van der Waals surface area contributed by atoms with Gasteiger partial charge in [0.05, 0.1) is 6.33 Å². The van der Waals surface area contributed by atoms with E-state index in [0.29, 0.717) is 18.8 Å². The topological polar surface area (TPSA) is 96.2 Å². The zero-order chi connectivity index (χ0) is 14.4. The number of imidazole rings is 1. The van der Waals surface area contributed by atoms with Crippen molar-refractivity contribution in [2.75, 3.05) is 11.9 Å². The van der Waals surface area contributed by atoms with Crippen LogP contribution in [0, 0.1) is 0 Å². The molecule has 1 heterocycles. The molecular formula is C13H14N4O3. The smallest absolute Gasteiger partial charge is 0.356 e. The molecule has 0 bridgehead atoms. The van der Waals surface area contributed by atoms with E-state index in [2.05, 4.69) is 15.6 Å². The number of urea groups is 1. The fourth-order valence-electron chi connectivity index (χ4n) is 1.59. The van der Waals surface area contributed by atoms with Gasteiger partial charge in [-0.15, -0.1) is 0 Å². The van der Waals surface area contributed by atoms with Crippen LogP contribution in [-0.4, -0.2) is 33.2 Å². The van der Waals surface area contributed by atoms with Gasteiger partial charge in [-0.1, -0.05) is 18.2 Å². The molecule has 2 aromatic rings. The van der Waals surface area contributed by atoms with E-state index in [9.17, 15) is 9.59 Å². The molecule has 0 spiro atoms. The number of carboxylic acids is 1. The number of carbonyl (C=O) groups is 2. The number of carboxylic acid groups (broad SMARTS) is 1. The lowest BCUT2D eigenvalue weighted by atomic mass is 10.3. The number of aromatic carboxylic acids is 1. The lowest BCUT2D eigenvalue weighted by molar-refractivity contribution is 0.0691. The number of benzene rings is 1. The number of rotatable bonds is 5. The van der Waals surface area contributed by atoms with Crippen molar-refractivity contribution in [2.45, 2.75) is 6.54 Å². The summed E-state index contributed by atoms with van der Waals surface area (Å²) >= 11 is 0. The summed E-state index contributed by atoms with van der Waals surface area (Å²) in [6.45, 7) is 0.816. The molecule has 0 atom stereocenters. The first kappa shape index (κ1) is 13.6. The van der Waals surface area contributed by atoms with Crippen LogP contribution < -0.4 is 10.6 Å². The molecule has 0 fully saturated rings. The molecule has 0 saturated carbocycles. The minimum absolute atomic E-state index is 0.0151. The van der Waals surface area contributed by atoms with E-state index in [1.54, 1.807) is 16.7 Å². The highest BCUT2D eigenvalue weighted by Crippen LogP contribution is 2.04. The Kier molecular flexibility index (Phi) is 4.33. The first-order chi connectivity index (χ1) is 9.65. The highest BCUT2D eigenvalue weighted by molar-refractivity contribution is 5.89. The lowest BCUT2D eigenvalue weighted by Crippen LogP contribution is -2.31. The van der Waals surface area contributed by atoms with Crippen LogP contribution in [0.2, 0.25) is 0 Å². The Morgan fingerprint density at radius 1 is 1.25 bits per heavy atom. The maximum absolute atomic E-state index is 11.6. The molecule has 2 rings (SSSR count). The van der Waals surface area contributed by atoms with Gasteiger partial charge in [-0.3, -0.25) is 0 Å². The zero-order valence-corrected chi connectivity index (χ0v) is 10.6. The summed E-state index contributed by atoms with van der Waals surface area (Å²) in [5, 5.41) is 14.1. The minimum Gasteiger partial charge on any atom is -0.476 e. The van der Waals surface area contributed by atoms with Gasteiger partial charge < -0.3 is 20.3 Å². The van der Waals surface area contributed by atoms with Crippen LogP contribution in [0.15, 0.2) is 42.9 Å². The molecule has 0 aliphatic rings. The van der Waals surface area contributed by atoms with Gasteiger partial charge in [-0.25, -0.2) is 14.6 Å². The van der Waals surface area contributed by atoms with E-state index in [0.717, 1.165) is 0 Å². The standard InChI is InChI=1S/C13H14N4O3/c18-12(19)11-8-17(9-15-11)7-6-14-13(20)16-10-4-2-1-3-5-10/h1-5,8-9H,6-7H2,(H,18,19)(H2,14,16,20). The molecule has 3 N–H and O–H groups in total. The second kappa shape index (κ2) is 6.37. The number of amides is 2. The summed E-state index contributed by atoms with van der Waals surface area (Å²) < 4.78 is 1.60. The number of aromatic nitrogens is 2. The van der Waals surface area contributed by atoms with E-state index in [1.807, 2.05) is 18.2 Å².